The highest BCUT2D eigenvalue weighted by molar-refractivity contribution is 7.89. The largest absolute Gasteiger partial charge is 0.469 e. The number of pyridine rings is 1. The standard InChI is InChI=1S/C10H14N2O5S/c1-17-10(14)3-2-5-12-18(15,16)9-7-11-6-4-8(9)13/h4,6-7,12H,2-3,5H2,1H3,(H,11,13). The number of carbonyl (C=O) groups excluding carboxylic acids is 1. The first kappa shape index (κ1) is 14.4. The number of aromatic nitrogens is 1. The van der Waals surface area contributed by atoms with E-state index in [0.29, 0.717) is 6.42 Å². The summed E-state index contributed by atoms with van der Waals surface area (Å²) in [5.41, 5.74) is -0.589. The molecule has 0 radical (unpaired) electrons. The molecule has 7 nitrogen and oxygen atoms in total. The Hall–Kier alpha value is -1.67. The quantitative estimate of drug-likeness (QED) is 0.542. The first-order valence-corrected chi connectivity index (χ1v) is 6.69. The second kappa shape index (κ2) is 6.31. The number of aromatic amines is 1. The van der Waals surface area contributed by atoms with E-state index in [2.05, 4.69) is 14.4 Å². The van der Waals surface area contributed by atoms with Crippen molar-refractivity contribution in [1.29, 1.82) is 0 Å². The zero-order valence-corrected chi connectivity index (χ0v) is 10.6. The summed E-state index contributed by atoms with van der Waals surface area (Å²) in [5.74, 6) is -0.410. The van der Waals surface area contributed by atoms with Crippen LogP contribution >= 0.6 is 0 Å². The van der Waals surface area contributed by atoms with Crippen LogP contribution in [0.3, 0.4) is 0 Å². The smallest absolute Gasteiger partial charge is 0.305 e. The Morgan fingerprint density at radius 3 is 2.83 bits per heavy atom. The van der Waals surface area contributed by atoms with Crippen molar-refractivity contribution in [3.8, 4) is 0 Å². The molecule has 0 saturated carbocycles. The van der Waals surface area contributed by atoms with Gasteiger partial charge < -0.3 is 9.72 Å². The predicted molar refractivity (Wildman–Crippen MR) is 63.5 cm³/mol. The van der Waals surface area contributed by atoms with Gasteiger partial charge in [0, 0.05) is 31.4 Å². The SMILES string of the molecule is COC(=O)CCCNS(=O)(=O)c1c[nH]ccc1=O. The fourth-order valence-electron chi connectivity index (χ4n) is 1.23. The molecule has 0 saturated heterocycles. The zero-order chi connectivity index (χ0) is 13.6. The van der Waals surface area contributed by atoms with Crippen molar-refractivity contribution in [2.24, 2.45) is 0 Å². The van der Waals surface area contributed by atoms with Gasteiger partial charge in [0.25, 0.3) is 0 Å². The number of carbonyl (C=O) groups is 1. The number of methoxy groups -OCH3 is 1. The van der Waals surface area contributed by atoms with Crippen molar-refractivity contribution in [2.45, 2.75) is 17.7 Å². The molecule has 0 atom stereocenters. The topological polar surface area (TPSA) is 105 Å². The first-order chi connectivity index (χ1) is 8.47. The second-order valence-corrected chi connectivity index (χ2v) is 5.19. The van der Waals surface area contributed by atoms with Crippen molar-refractivity contribution in [3.63, 3.8) is 0 Å². The molecule has 8 heteroatoms. The van der Waals surface area contributed by atoms with Crippen LogP contribution in [-0.4, -0.2) is 33.0 Å². The van der Waals surface area contributed by atoms with Gasteiger partial charge in [-0.1, -0.05) is 0 Å². The highest BCUT2D eigenvalue weighted by atomic mass is 32.2. The number of sulfonamides is 1. The number of nitrogens with one attached hydrogen (secondary N) is 2. The molecular formula is C10H14N2O5S. The van der Waals surface area contributed by atoms with Gasteiger partial charge >= 0.3 is 5.97 Å². The molecule has 0 unspecified atom stereocenters. The Kier molecular flexibility index (Phi) is 5.05. The van der Waals surface area contributed by atoms with E-state index in [0.717, 1.165) is 12.3 Å². The highest BCUT2D eigenvalue weighted by Gasteiger charge is 2.16. The lowest BCUT2D eigenvalue weighted by Crippen LogP contribution is -2.29. The van der Waals surface area contributed by atoms with Gasteiger partial charge in [0.2, 0.25) is 15.5 Å². The number of hydrogen-bond acceptors (Lipinski definition) is 5. The summed E-state index contributed by atoms with van der Waals surface area (Å²) in [7, 11) is -2.58. The summed E-state index contributed by atoms with van der Waals surface area (Å²) < 4.78 is 30.1. The van der Waals surface area contributed by atoms with E-state index in [1.165, 1.54) is 13.3 Å². The van der Waals surface area contributed by atoms with Crippen LogP contribution < -0.4 is 10.2 Å². The third-order valence-corrected chi connectivity index (χ3v) is 3.64. The number of ether oxygens (including phenoxy) is 1. The van der Waals surface area contributed by atoms with E-state index < -0.39 is 21.4 Å². The summed E-state index contributed by atoms with van der Waals surface area (Å²) in [6.45, 7) is 0.0613. The van der Waals surface area contributed by atoms with E-state index in [1.54, 1.807) is 0 Å². The number of rotatable bonds is 6. The molecule has 0 aliphatic rings. The molecule has 0 aliphatic heterocycles. The minimum absolute atomic E-state index is 0.0613. The van der Waals surface area contributed by atoms with Gasteiger partial charge in [-0.15, -0.1) is 0 Å². The average molecular weight is 274 g/mol. The normalized spacial score (nSPS) is 11.2. The van der Waals surface area contributed by atoms with E-state index in [1.807, 2.05) is 0 Å². The molecule has 1 aromatic rings. The van der Waals surface area contributed by atoms with E-state index in [-0.39, 0.29) is 17.9 Å². The number of hydrogen-bond donors (Lipinski definition) is 2. The van der Waals surface area contributed by atoms with E-state index in [9.17, 15) is 18.0 Å². The molecule has 1 aromatic heterocycles. The van der Waals surface area contributed by atoms with Gasteiger partial charge in [-0.2, -0.15) is 0 Å². The van der Waals surface area contributed by atoms with Gasteiger partial charge in [-0.3, -0.25) is 9.59 Å². The van der Waals surface area contributed by atoms with E-state index >= 15 is 0 Å². The maximum Gasteiger partial charge on any atom is 0.305 e. The second-order valence-electron chi connectivity index (χ2n) is 3.45. The van der Waals surface area contributed by atoms with Crippen molar-refractivity contribution >= 4 is 16.0 Å². The van der Waals surface area contributed by atoms with Gasteiger partial charge in [0.05, 0.1) is 7.11 Å². The average Bonchev–Trinajstić information content (AvgIpc) is 2.34. The van der Waals surface area contributed by atoms with Gasteiger partial charge in [0.15, 0.2) is 0 Å². The molecule has 0 aliphatic carbocycles. The van der Waals surface area contributed by atoms with Crippen LogP contribution in [0.2, 0.25) is 0 Å². The molecule has 0 fully saturated rings. The third-order valence-electron chi connectivity index (χ3n) is 2.16. The summed E-state index contributed by atoms with van der Waals surface area (Å²) >= 11 is 0. The van der Waals surface area contributed by atoms with Crippen molar-refractivity contribution in [1.82, 2.24) is 9.71 Å². The molecular weight excluding hydrogens is 260 g/mol. The van der Waals surface area contributed by atoms with Crippen LogP contribution in [-0.2, 0) is 19.6 Å². The molecule has 0 spiro atoms. The summed E-state index contributed by atoms with van der Waals surface area (Å²) in [4.78, 5) is 24.3. The Balaban J connectivity index is 2.59. The van der Waals surface area contributed by atoms with Crippen LogP contribution in [0.4, 0.5) is 0 Å². The van der Waals surface area contributed by atoms with Crippen molar-refractivity contribution in [2.75, 3.05) is 13.7 Å². The van der Waals surface area contributed by atoms with Gasteiger partial charge in [-0.05, 0) is 6.42 Å². The number of H-pyrrole nitrogens is 1. The third kappa shape index (κ3) is 3.97. The molecule has 0 aromatic carbocycles. The maximum absolute atomic E-state index is 11.7. The number of esters is 1. The first-order valence-electron chi connectivity index (χ1n) is 5.21. The van der Waals surface area contributed by atoms with Crippen LogP contribution in [0, 0.1) is 0 Å². The Morgan fingerprint density at radius 2 is 2.22 bits per heavy atom. The Labute approximate surface area is 104 Å². The van der Waals surface area contributed by atoms with Crippen LogP contribution in [0.1, 0.15) is 12.8 Å². The molecule has 2 N–H and O–H groups in total. The summed E-state index contributed by atoms with van der Waals surface area (Å²) in [5, 5.41) is 0. The molecule has 1 heterocycles. The van der Waals surface area contributed by atoms with Gasteiger partial charge in [-0.25, -0.2) is 13.1 Å². The zero-order valence-electron chi connectivity index (χ0n) is 9.80. The Morgan fingerprint density at radius 1 is 1.50 bits per heavy atom. The predicted octanol–water partition coefficient (Wildman–Crippen LogP) is -0.394. The molecule has 0 bridgehead atoms. The molecule has 100 valence electrons. The highest BCUT2D eigenvalue weighted by Crippen LogP contribution is 2.00. The lowest BCUT2D eigenvalue weighted by molar-refractivity contribution is -0.140. The minimum atomic E-state index is -3.84. The monoisotopic (exact) mass is 274 g/mol. The minimum Gasteiger partial charge on any atom is -0.469 e. The molecule has 18 heavy (non-hydrogen) atoms. The molecule has 1 rings (SSSR count). The summed E-state index contributed by atoms with van der Waals surface area (Å²) in [6.07, 6.45) is 2.88. The fraction of sp³-hybridized carbons (Fsp3) is 0.400. The van der Waals surface area contributed by atoms with Crippen LogP contribution in [0.25, 0.3) is 0 Å². The van der Waals surface area contributed by atoms with Crippen molar-refractivity contribution in [3.05, 3.63) is 28.7 Å². The van der Waals surface area contributed by atoms with Crippen LogP contribution in [0.5, 0.6) is 0 Å². The van der Waals surface area contributed by atoms with Crippen molar-refractivity contribution < 1.29 is 17.9 Å². The fourth-order valence-corrected chi connectivity index (χ4v) is 2.35. The lowest BCUT2D eigenvalue weighted by Gasteiger charge is -2.05. The lowest BCUT2D eigenvalue weighted by atomic mass is 10.3. The summed E-state index contributed by atoms with van der Waals surface area (Å²) in [6, 6.07) is 1.13. The van der Waals surface area contributed by atoms with Gasteiger partial charge in [0.1, 0.15) is 4.90 Å². The Bertz CT molecular complexity index is 564. The van der Waals surface area contributed by atoms with Crippen LogP contribution in [0.15, 0.2) is 28.2 Å². The van der Waals surface area contributed by atoms with E-state index in [4.69, 9.17) is 0 Å². The maximum atomic E-state index is 11.7. The molecule has 0 amide bonds.